The van der Waals surface area contributed by atoms with Crippen LogP contribution in [-0.4, -0.2) is 23.9 Å². The Morgan fingerprint density at radius 1 is 0.939 bits per heavy atom. The van der Waals surface area contributed by atoms with Gasteiger partial charge in [-0.25, -0.2) is 0 Å². The molecule has 0 spiro atoms. The Morgan fingerprint density at radius 3 is 2.09 bits per heavy atom. The number of nitrogens with one attached hydrogen (secondary N) is 2. The smallest absolute Gasteiger partial charge is 0.220 e. The van der Waals surface area contributed by atoms with Gasteiger partial charge in [0.05, 0.1) is 0 Å². The van der Waals surface area contributed by atoms with Crippen LogP contribution in [0.2, 0.25) is 5.02 Å². The van der Waals surface area contributed by atoms with Gasteiger partial charge in [0.2, 0.25) is 11.8 Å². The fourth-order valence-electron chi connectivity index (χ4n) is 4.63. The summed E-state index contributed by atoms with van der Waals surface area (Å²) in [7, 11) is 0. The molecule has 33 heavy (non-hydrogen) atoms. The first-order valence-electron chi connectivity index (χ1n) is 11.5. The summed E-state index contributed by atoms with van der Waals surface area (Å²) in [5.41, 5.74) is 3.06. The Kier molecular flexibility index (Phi) is 7.46. The van der Waals surface area contributed by atoms with Gasteiger partial charge in [0.1, 0.15) is 0 Å². The third-order valence-electron chi connectivity index (χ3n) is 6.43. The van der Waals surface area contributed by atoms with Gasteiger partial charge in [-0.2, -0.15) is 0 Å². The van der Waals surface area contributed by atoms with Crippen molar-refractivity contribution in [2.75, 3.05) is 6.54 Å². The largest absolute Gasteiger partial charge is 0.355 e. The zero-order valence-corrected chi connectivity index (χ0v) is 19.4. The van der Waals surface area contributed by atoms with Crippen molar-refractivity contribution in [3.05, 3.63) is 107 Å². The van der Waals surface area contributed by atoms with Crippen LogP contribution in [0.4, 0.5) is 0 Å². The summed E-state index contributed by atoms with van der Waals surface area (Å²) in [6, 6.07) is 28.2. The molecule has 1 fully saturated rings. The van der Waals surface area contributed by atoms with Crippen LogP contribution in [0, 0.1) is 0 Å². The monoisotopic (exact) mass is 460 g/mol. The van der Waals surface area contributed by atoms with Crippen LogP contribution >= 0.6 is 11.6 Å². The topological polar surface area (TPSA) is 58.2 Å². The van der Waals surface area contributed by atoms with Crippen LogP contribution in [-0.2, 0) is 16.0 Å². The fourth-order valence-corrected chi connectivity index (χ4v) is 4.76. The van der Waals surface area contributed by atoms with Gasteiger partial charge in [0, 0.05) is 35.9 Å². The highest BCUT2D eigenvalue weighted by molar-refractivity contribution is 6.30. The van der Waals surface area contributed by atoms with Gasteiger partial charge in [0.15, 0.2) is 0 Å². The molecule has 1 aliphatic heterocycles. The van der Waals surface area contributed by atoms with E-state index < -0.39 is 0 Å². The molecule has 3 aromatic carbocycles. The molecule has 0 bridgehead atoms. The third-order valence-corrected chi connectivity index (χ3v) is 6.68. The molecule has 2 N–H and O–H groups in total. The Hall–Kier alpha value is -3.11. The van der Waals surface area contributed by atoms with Gasteiger partial charge in [-0.05, 0) is 48.1 Å². The summed E-state index contributed by atoms with van der Waals surface area (Å²) in [6.45, 7) is 0.531. The van der Waals surface area contributed by atoms with Crippen molar-refractivity contribution in [3.63, 3.8) is 0 Å². The minimum atomic E-state index is -0.388. The number of hydrogen-bond donors (Lipinski definition) is 2. The number of rotatable bonds is 9. The molecule has 170 valence electrons. The van der Waals surface area contributed by atoms with E-state index in [2.05, 4.69) is 34.9 Å². The van der Waals surface area contributed by atoms with Crippen molar-refractivity contribution in [2.45, 2.75) is 43.6 Å². The van der Waals surface area contributed by atoms with E-state index in [-0.39, 0.29) is 23.3 Å². The van der Waals surface area contributed by atoms with Crippen LogP contribution in [0.5, 0.6) is 0 Å². The average Bonchev–Trinajstić information content (AvgIpc) is 3.21. The maximum absolute atomic E-state index is 12.8. The standard InChI is InChI=1S/C28H29ClN2O2/c29-24-13-11-21(12-14-24)19-28(18-16-27(33)31-28)17-15-26(32)30-20-25(22-7-3-1-4-8-22)23-9-5-2-6-10-23/h1-14,25H,15-20H2,(H,30,32)(H,31,33)/t28-/m1/s1. The molecule has 4 nitrogen and oxygen atoms in total. The average molecular weight is 461 g/mol. The van der Waals surface area contributed by atoms with Crippen molar-refractivity contribution in [1.29, 1.82) is 0 Å². The quantitative estimate of drug-likeness (QED) is 0.457. The van der Waals surface area contributed by atoms with E-state index in [1.165, 1.54) is 11.1 Å². The summed E-state index contributed by atoms with van der Waals surface area (Å²) < 4.78 is 0. The molecule has 2 amide bonds. The molecular formula is C28H29ClN2O2. The third kappa shape index (κ3) is 6.23. The molecule has 1 atom stereocenters. The summed E-state index contributed by atoms with van der Waals surface area (Å²) >= 11 is 6.02. The van der Waals surface area contributed by atoms with Gasteiger partial charge < -0.3 is 10.6 Å². The van der Waals surface area contributed by atoms with Crippen molar-refractivity contribution < 1.29 is 9.59 Å². The molecule has 1 saturated heterocycles. The molecule has 0 unspecified atom stereocenters. The predicted molar refractivity (Wildman–Crippen MR) is 132 cm³/mol. The second-order valence-corrected chi connectivity index (χ2v) is 9.25. The second kappa shape index (κ2) is 10.7. The van der Waals surface area contributed by atoms with E-state index >= 15 is 0 Å². The van der Waals surface area contributed by atoms with Gasteiger partial charge in [-0.1, -0.05) is 84.4 Å². The van der Waals surface area contributed by atoms with Crippen LogP contribution in [0.3, 0.4) is 0 Å². The lowest BCUT2D eigenvalue weighted by molar-refractivity contribution is -0.122. The molecule has 0 saturated carbocycles. The van der Waals surface area contributed by atoms with Gasteiger partial charge in [-0.15, -0.1) is 0 Å². The molecule has 1 heterocycles. The normalized spacial score (nSPS) is 17.7. The van der Waals surface area contributed by atoms with E-state index in [4.69, 9.17) is 11.6 Å². The summed E-state index contributed by atoms with van der Waals surface area (Å²) in [6.07, 6.45) is 2.90. The number of carbonyl (C=O) groups is 2. The molecule has 0 aliphatic carbocycles. The van der Waals surface area contributed by atoms with Crippen LogP contribution in [0.15, 0.2) is 84.9 Å². The van der Waals surface area contributed by atoms with Gasteiger partial charge >= 0.3 is 0 Å². The fraction of sp³-hybridized carbons (Fsp3) is 0.286. The highest BCUT2D eigenvalue weighted by atomic mass is 35.5. The lowest BCUT2D eigenvalue weighted by Gasteiger charge is -2.29. The first kappa shape index (κ1) is 23.1. The molecule has 4 rings (SSSR count). The van der Waals surface area contributed by atoms with E-state index in [9.17, 15) is 9.59 Å². The lowest BCUT2D eigenvalue weighted by atomic mass is 9.85. The number of halogens is 1. The van der Waals surface area contributed by atoms with Crippen LogP contribution < -0.4 is 10.6 Å². The maximum atomic E-state index is 12.8. The highest BCUT2D eigenvalue weighted by Gasteiger charge is 2.37. The van der Waals surface area contributed by atoms with Gasteiger partial charge in [0.25, 0.3) is 0 Å². The van der Waals surface area contributed by atoms with Crippen molar-refractivity contribution in [2.24, 2.45) is 0 Å². The van der Waals surface area contributed by atoms with Crippen molar-refractivity contribution in [1.82, 2.24) is 10.6 Å². The van der Waals surface area contributed by atoms with E-state index in [0.29, 0.717) is 37.3 Å². The zero-order valence-electron chi connectivity index (χ0n) is 18.6. The second-order valence-electron chi connectivity index (χ2n) is 8.81. The number of amides is 2. The minimum absolute atomic E-state index is 0.00323. The molecule has 3 aromatic rings. The first-order chi connectivity index (χ1) is 16.0. The number of carbonyl (C=O) groups excluding carboxylic acids is 2. The Labute approximate surface area is 200 Å². The Morgan fingerprint density at radius 2 is 1.55 bits per heavy atom. The van der Waals surface area contributed by atoms with Crippen LogP contribution in [0.25, 0.3) is 0 Å². The maximum Gasteiger partial charge on any atom is 0.220 e. The van der Waals surface area contributed by atoms with E-state index in [1.807, 2.05) is 60.7 Å². The summed E-state index contributed by atoms with van der Waals surface area (Å²) in [5, 5.41) is 6.97. The zero-order chi connectivity index (χ0) is 23.1. The molecule has 0 aromatic heterocycles. The summed E-state index contributed by atoms with van der Waals surface area (Å²) in [5.74, 6) is 0.145. The molecule has 1 aliphatic rings. The molecule has 0 radical (unpaired) electrons. The van der Waals surface area contributed by atoms with E-state index in [1.54, 1.807) is 0 Å². The SMILES string of the molecule is O=C(CC[C@]1(Cc2ccc(Cl)cc2)CCC(=O)N1)NCC(c1ccccc1)c1ccccc1. The Balaban J connectivity index is 1.39. The van der Waals surface area contributed by atoms with Crippen molar-refractivity contribution in [3.8, 4) is 0 Å². The van der Waals surface area contributed by atoms with Crippen LogP contribution in [0.1, 0.15) is 48.3 Å². The minimum Gasteiger partial charge on any atom is -0.355 e. The first-order valence-corrected chi connectivity index (χ1v) is 11.8. The van der Waals surface area contributed by atoms with Gasteiger partial charge in [-0.3, -0.25) is 9.59 Å². The molecular weight excluding hydrogens is 432 g/mol. The number of hydrogen-bond acceptors (Lipinski definition) is 2. The Bertz CT molecular complexity index is 1030. The van der Waals surface area contributed by atoms with Crippen molar-refractivity contribution >= 4 is 23.4 Å². The van der Waals surface area contributed by atoms with E-state index in [0.717, 1.165) is 12.0 Å². The highest BCUT2D eigenvalue weighted by Crippen LogP contribution is 2.30. The molecule has 5 heteroatoms. The number of benzene rings is 3. The lowest BCUT2D eigenvalue weighted by Crippen LogP contribution is -2.44. The summed E-state index contributed by atoms with van der Waals surface area (Å²) in [4.78, 5) is 24.9. The predicted octanol–water partition coefficient (Wildman–Crippen LogP) is 5.26.